The predicted molar refractivity (Wildman–Crippen MR) is 162 cm³/mol. The summed E-state index contributed by atoms with van der Waals surface area (Å²) in [7, 11) is -4.23. The third kappa shape index (κ3) is 6.60. The molecule has 3 heterocycles. The van der Waals surface area contributed by atoms with E-state index in [4.69, 9.17) is 4.74 Å². The van der Waals surface area contributed by atoms with Crippen LogP contribution in [0.1, 0.15) is 54.4 Å². The third-order valence-corrected chi connectivity index (χ3v) is 8.28. The van der Waals surface area contributed by atoms with Gasteiger partial charge >= 0.3 is 0 Å². The van der Waals surface area contributed by atoms with Gasteiger partial charge in [-0.05, 0) is 54.5 Å². The maximum Gasteiger partial charge on any atom is 0.281 e. The second-order valence-corrected chi connectivity index (χ2v) is 13.4. The Hall–Kier alpha value is -4.31. The minimum absolute atomic E-state index is 0.0239. The summed E-state index contributed by atoms with van der Waals surface area (Å²) in [5.41, 5.74) is 4.14. The number of hydrogen-bond donors (Lipinski definition) is 1. The van der Waals surface area contributed by atoms with Gasteiger partial charge in [0.05, 0.1) is 11.7 Å². The molecule has 4 aromatic rings. The molecule has 4 bridgehead atoms. The molecule has 10 heteroatoms. The Balaban J connectivity index is 1.68. The lowest BCUT2D eigenvalue weighted by Gasteiger charge is -2.35. The van der Waals surface area contributed by atoms with Gasteiger partial charge in [0.15, 0.2) is 5.03 Å². The van der Waals surface area contributed by atoms with Gasteiger partial charge in [-0.3, -0.25) is 4.79 Å². The first-order valence-electron chi connectivity index (χ1n) is 13.8. The highest BCUT2D eigenvalue weighted by molar-refractivity contribution is 7.92. The van der Waals surface area contributed by atoms with E-state index in [-0.39, 0.29) is 46.5 Å². The minimum Gasteiger partial charge on any atom is -0.475 e. The molecule has 0 unspecified atom stereocenters. The summed E-state index contributed by atoms with van der Waals surface area (Å²) in [6.07, 6.45) is 0.615. The molecule has 1 atom stereocenters. The minimum atomic E-state index is -4.23. The highest BCUT2D eigenvalue weighted by Gasteiger charge is 2.32. The van der Waals surface area contributed by atoms with Crippen molar-refractivity contribution in [2.45, 2.75) is 58.7 Å². The van der Waals surface area contributed by atoms with Gasteiger partial charge in [-0.1, -0.05) is 75.4 Å². The van der Waals surface area contributed by atoms with E-state index in [1.165, 1.54) is 18.2 Å². The predicted octanol–water partition coefficient (Wildman–Crippen LogP) is 5.80. The SMILES string of the molecule is Cc1cccc(C)c1-c1cc2nc(n1)NS(=O)(=O)c1cccc(n1)C(=O)N(Cc1ccccc1)[C@H](CC(C)(C)C)CO2. The van der Waals surface area contributed by atoms with E-state index >= 15 is 0 Å². The Labute approximate surface area is 247 Å². The van der Waals surface area contributed by atoms with E-state index in [0.717, 1.165) is 22.3 Å². The highest BCUT2D eigenvalue weighted by Crippen LogP contribution is 2.31. The Morgan fingerprint density at radius 3 is 2.29 bits per heavy atom. The van der Waals surface area contributed by atoms with Crippen molar-refractivity contribution in [3.8, 4) is 17.1 Å². The first-order chi connectivity index (χ1) is 19.9. The Kier molecular flexibility index (Phi) is 8.01. The highest BCUT2D eigenvalue weighted by atomic mass is 32.2. The Morgan fingerprint density at radius 1 is 0.905 bits per heavy atom. The lowest BCUT2D eigenvalue weighted by atomic mass is 9.87. The number of aromatic nitrogens is 3. The van der Waals surface area contributed by atoms with Crippen LogP contribution in [0.2, 0.25) is 0 Å². The number of pyridine rings is 1. The van der Waals surface area contributed by atoms with Crippen LogP contribution in [0.3, 0.4) is 0 Å². The molecule has 1 amide bonds. The zero-order valence-electron chi connectivity index (χ0n) is 24.5. The van der Waals surface area contributed by atoms with Gasteiger partial charge in [-0.2, -0.15) is 13.4 Å². The standard InChI is InChI=1S/C32H35N5O4S/c1-21-11-9-12-22(2)29(21)26-17-27-35-31(34-26)36-42(39,40)28-16-10-15-25(33-28)30(38)37(19-23-13-7-6-8-14-23)24(20-41-27)18-32(3,4)5/h6-17,24H,18-20H2,1-5H3,(H,34,35,36)/t24-/m1/s1. The van der Waals surface area contributed by atoms with Gasteiger partial charge in [0, 0.05) is 18.2 Å². The topological polar surface area (TPSA) is 114 Å². The molecule has 42 heavy (non-hydrogen) atoms. The summed E-state index contributed by atoms with van der Waals surface area (Å²) in [5, 5.41) is -0.303. The molecule has 0 aliphatic carbocycles. The van der Waals surface area contributed by atoms with E-state index in [0.29, 0.717) is 18.7 Å². The molecule has 0 fully saturated rings. The number of aryl methyl sites for hydroxylation is 2. The zero-order chi connectivity index (χ0) is 30.1. The molecule has 1 aliphatic rings. The summed E-state index contributed by atoms with van der Waals surface area (Å²) >= 11 is 0. The number of anilines is 1. The number of rotatable bonds is 4. The van der Waals surface area contributed by atoms with Gasteiger partial charge in [-0.25, -0.2) is 14.7 Å². The van der Waals surface area contributed by atoms with Crippen LogP contribution in [0.25, 0.3) is 11.3 Å². The van der Waals surface area contributed by atoms with Crippen molar-refractivity contribution in [1.82, 2.24) is 19.9 Å². The Bertz CT molecular complexity index is 1700. The van der Waals surface area contributed by atoms with Gasteiger partial charge in [0.25, 0.3) is 15.9 Å². The third-order valence-electron chi connectivity index (χ3n) is 7.05. The summed E-state index contributed by atoms with van der Waals surface area (Å²) in [4.78, 5) is 29.1. The van der Waals surface area contributed by atoms with Crippen molar-refractivity contribution < 1.29 is 17.9 Å². The summed E-state index contributed by atoms with van der Waals surface area (Å²) in [6.45, 7) is 10.7. The smallest absolute Gasteiger partial charge is 0.281 e. The number of nitrogens with one attached hydrogen (secondary N) is 1. The van der Waals surface area contributed by atoms with Crippen molar-refractivity contribution in [2.75, 3.05) is 11.3 Å². The molecule has 0 spiro atoms. The number of fused-ring (bicyclic) bond motifs is 4. The zero-order valence-corrected chi connectivity index (χ0v) is 25.3. The van der Waals surface area contributed by atoms with E-state index < -0.39 is 10.0 Å². The molecule has 1 aliphatic heterocycles. The molecular weight excluding hydrogens is 550 g/mol. The number of benzene rings is 2. The van der Waals surface area contributed by atoms with E-state index in [1.807, 2.05) is 62.4 Å². The molecule has 2 aromatic carbocycles. The second kappa shape index (κ2) is 11.5. The van der Waals surface area contributed by atoms with Crippen LogP contribution in [0.5, 0.6) is 5.88 Å². The normalized spacial score (nSPS) is 16.8. The first-order valence-corrected chi connectivity index (χ1v) is 15.3. The van der Waals surface area contributed by atoms with Crippen molar-refractivity contribution >= 4 is 21.9 Å². The first kappa shape index (κ1) is 29.2. The van der Waals surface area contributed by atoms with Crippen LogP contribution < -0.4 is 9.46 Å². The Morgan fingerprint density at radius 2 is 1.60 bits per heavy atom. The van der Waals surface area contributed by atoms with Crippen LogP contribution >= 0.6 is 0 Å². The molecule has 9 nitrogen and oxygen atoms in total. The van der Waals surface area contributed by atoms with Gasteiger partial charge < -0.3 is 9.64 Å². The number of nitrogens with zero attached hydrogens (tertiary/aromatic N) is 4. The number of carbonyl (C=O) groups is 1. The van der Waals surface area contributed by atoms with Crippen LogP contribution in [-0.2, 0) is 16.6 Å². The largest absolute Gasteiger partial charge is 0.475 e. The number of carbonyl (C=O) groups excluding carboxylic acids is 1. The summed E-state index contributed by atoms with van der Waals surface area (Å²) in [6, 6.07) is 21.3. The van der Waals surface area contributed by atoms with Crippen molar-refractivity contribution in [2.24, 2.45) is 5.41 Å². The molecule has 2 aromatic heterocycles. The van der Waals surface area contributed by atoms with Crippen molar-refractivity contribution in [3.63, 3.8) is 0 Å². The molecule has 0 saturated carbocycles. The number of sulfonamides is 1. The van der Waals surface area contributed by atoms with E-state index in [1.54, 1.807) is 11.0 Å². The molecule has 1 N–H and O–H groups in total. The van der Waals surface area contributed by atoms with Crippen LogP contribution in [0, 0.1) is 19.3 Å². The number of hydrogen-bond acceptors (Lipinski definition) is 7. The lowest BCUT2D eigenvalue weighted by Crippen LogP contribution is -2.45. The quantitative estimate of drug-likeness (QED) is 0.322. The van der Waals surface area contributed by atoms with E-state index in [9.17, 15) is 13.2 Å². The van der Waals surface area contributed by atoms with E-state index in [2.05, 4.69) is 40.4 Å². The maximum absolute atomic E-state index is 14.1. The van der Waals surface area contributed by atoms with Gasteiger partial charge in [0.2, 0.25) is 11.8 Å². The molecule has 218 valence electrons. The van der Waals surface area contributed by atoms with Crippen molar-refractivity contribution in [3.05, 3.63) is 95.2 Å². The number of amides is 1. The fourth-order valence-corrected chi connectivity index (χ4v) is 6.10. The molecule has 0 saturated heterocycles. The second-order valence-electron chi connectivity index (χ2n) is 11.8. The fourth-order valence-electron chi connectivity index (χ4n) is 5.19. The summed E-state index contributed by atoms with van der Waals surface area (Å²) in [5.74, 6) is -0.330. The summed E-state index contributed by atoms with van der Waals surface area (Å²) < 4.78 is 35.7. The monoisotopic (exact) mass is 585 g/mol. The molecule has 5 rings (SSSR count). The van der Waals surface area contributed by atoms with Crippen LogP contribution in [0.15, 0.2) is 77.8 Å². The van der Waals surface area contributed by atoms with Crippen LogP contribution in [-0.4, -0.2) is 46.8 Å². The molecule has 0 radical (unpaired) electrons. The lowest BCUT2D eigenvalue weighted by molar-refractivity contribution is 0.0507. The van der Waals surface area contributed by atoms with Gasteiger partial charge in [0.1, 0.15) is 12.3 Å². The average molecular weight is 586 g/mol. The molecular formula is C32H35N5O4S. The van der Waals surface area contributed by atoms with Crippen molar-refractivity contribution in [1.29, 1.82) is 0 Å². The number of ether oxygens (including phenoxy) is 1. The van der Waals surface area contributed by atoms with Crippen LogP contribution in [0.4, 0.5) is 5.95 Å². The fraction of sp³-hybridized carbons (Fsp3) is 0.312. The average Bonchev–Trinajstić information content (AvgIpc) is 2.93. The van der Waals surface area contributed by atoms with Gasteiger partial charge in [-0.15, -0.1) is 0 Å². The maximum atomic E-state index is 14.1.